The number of anilines is 1. The molecule has 1 aliphatic rings. The molecule has 27 heavy (non-hydrogen) atoms. The minimum absolute atomic E-state index is 0.112. The molecule has 2 aromatic rings. The van der Waals surface area contributed by atoms with Crippen molar-refractivity contribution in [3.8, 4) is 0 Å². The molecular weight excluding hydrogens is 350 g/mol. The predicted octanol–water partition coefficient (Wildman–Crippen LogP) is 2.35. The molecule has 2 amide bonds. The molecule has 0 spiro atoms. The van der Waals surface area contributed by atoms with Gasteiger partial charge in [0.05, 0.1) is 16.3 Å². The molecule has 136 valence electrons. The zero-order valence-corrected chi connectivity index (χ0v) is 14.3. The van der Waals surface area contributed by atoms with Crippen LogP contribution in [0.5, 0.6) is 0 Å². The number of para-hydroxylation sites is 1. The molecule has 9 nitrogen and oxygen atoms in total. The summed E-state index contributed by atoms with van der Waals surface area (Å²) < 4.78 is 0. The van der Waals surface area contributed by atoms with E-state index in [9.17, 15) is 19.7 Å². The lowest BCUT2D eigenvalue weighted by Crippen LogP contribution is -2.29. The third-order valence-electron chi connectivity index (χ3n) is 3.91. The van der Waals surface area contributed by atoms with Gasteiger partial charge < -0.3 is 0 Å². The number of nitrogens with zero attached hydrogens (tertiary/aromatic N) is 4. The van der Waals surface area contributed by atoms with Crippen molar-refractivity contribution in [2.24, 2.45) is 16.1 Å². The van der Waals surface area contributed by atoms with Gasteiger partial charge in [0.15, 0.2) is 0 Å². The van der Waals surface area contributed by atoms with Crippen LogP contribution < -0.4 is 10.4 Å². The maximum atomic E-state index is 12.5. The largest absolute Gasteiger partial charge is 0.271 e. The van der Waals surface area contributed by atoms with Crippen LogP contribution in [0.25, 0.3) is 0 Å². The van der Waals surface area contributed by atoms with Crippen LogP contribution in [0.1, 0.15) is 17.3 Å². The lowest BCUT2D eigenvalue weighted by molar-refractivity contribution is -0.384. The van der Waals surface area contributed by atoms with Crippen LogP contribution in [0, 0.1) is 16.0 Å². The number of carbonyl (C=O) groups is 2. The fraction of sp³-hybridized carbons (Fsp3) is 0.111. The number of benzene rings is 2. The highest BCUT2D eigenvalue weighted by Crippen LogP contribution is 2.22. The average Bonchev–Trinajstić information content (AvgIpc) is 2.97. The zero-order valence-electron chi connectivity index (χ0n) is 14.3. The van der Waals surface area contributed by atoms with Crippen molar-refractivity contribution in [1.82, 2.24) is 5.43 Å². The first kappa shape index (κ1) is 17.9. The fourth-order valence-corrected chi connectivity index (χ4v) is 2.47. The predicted molar refractivity (Wildman–Crippen MR) is 99.6 cm³/mol. The Morgan fingerprint density at radius 3 is 2.52 bits per heavy atom. The van der Waals surface area contributed by atoms with Crippen molar-refractivity contribution in [1.29, 1.82) is 0 Å². The first-order valence-electron chi connectivity index (χ1n) is 7.99. The number of nitro benzene ring substituents is 1. The monoisotopic (exact) mass is 365 g/mol. The zero-order chi connectivity index (χ0) is 19.4. The summed E-state index contributed by atoms with van der Waals surface area (Å²) in [6.07, 6.45) is 1.31. The molecule has 0 fully saturated rings. The van der Waals surface area contributed by atoms with E-state index in [-0.39, 0.29) is 17.2 Å². The molecule has 0 radical (unpaired) electrons. The van der Waals surface area contributed by atoms with Crippen LogP contribution in [0.2, 0.25) is 0 Å². The second-order valence-electron chi connectivity index (χ2n) is 5.73. The van der Waals surface area contributed by atoms with Crippen LogP contribution >= 0.6 is 0 Å². The SMILES string of the molecule is CC1=NN(c2ccccc2)C(=O)[C@@H]1/C=N\NC(=O)c1ccc([N+](=O)[O-])cc1. The molecule has 0 bridgehead atoms. The first-order chi connectivity index (χ1) is 13.0. The number of amides is 2. The van der Waals surface area contributed by atoms with Gasteiger partial charge in [-0.2, -0.15) is 15.2 Å². The van der Waals surface area contributed by atoms with Crippen molar-refractivity contribution in [3.63, 3.8) is 0 Å². The maximum Gasteiger partial charge on any atom is 0.271 e. The van der Waals surface area contributed by atoms with E-state index in [1.165, 1.54) is 35.5 Å². The van der Waals surface area contributed by atoms with E-state index in [2.05, 4.69) is 15.6 Å². The summed E-state index contributed by atoms with van der Waals surface area (Å²) in [7, 11) is 0. The van der Waals surface area contributed by atoms with Gasteiger partial charge in [-0.3, -0.25) is 19.7 Å². The summed E-state index contributed by atoms with van der Waals surface area (Å²) in [5, 5.41) is 20.0. The number of nitro groups is 1. The Morgan fingerprint density at radius 1 is 1.22 bits per heavy atom. The van der Waals surface area contributed by atoms with E-state index in [1.807, 2.05) is 6.07 Å². The molecule has 1 aliphatic heterocycles. The minimum Gasteiger partial charge on any atom is -0.271 e. The summed E-state index contributed by atoms with van der Waals surface area (Å²) in [6.45, 7) is 1.70. The van der Waals surface area contributed by atoms with Crippen molar-refractivity contribution in [3.05, 3.63) is 70.3 Å². The molecule has 1 atom stereocenters. The molecule has 0 aromatic heterocycles. The molecule has 0 aliphatic carbocycles. The third kappa shape index (κ3) is 3.87. The Bertz CT molecular complexity index is 938. The van der Waals surface area contributed by atoms with Gasteiger partial charge in [-0.1, -0.05) is 18.2 Å². The van der Waals surface area contributed by atoms with Crippen LogP contribution in [-0.2, 0) is 4.79 Å². The van der Waals surface area contributed by atoms with Crippen molar-refractivity contribution < 1.29 is 14.5 Å². The molecule has 0 saturated carbocycles. The van der Waals surface area contributed by atoms with E-state index in [0.717, 1.165) is 0 Å². The van der Waals surface area contributed by atoms with Gasteiger partial charge >= 0.3 is 0 Å². The summed E-state index contributed by atoms with van der Waals surface area (Å²) in [5.74, 6) is -1.49. The van der Waals surface area contributed by atoms with E-state index < -0.39 is 16.7 Å². The quantitative estimate of drug-likeness (QED) is 0.497. The van der Waals surface area contributed by atoms with Crippen LogP contribution in [0.15, 0.2) is 64.8 Å². The number of rotatable bonds is 5. The first-order valence-corrected chi connectivity index (χ1v) is 7.99. The van der Waals surface area contributed by atoms with Gasteiger partial charge in [-0.25, -0.2) is 5.43 Å². The van der Waals surface area contributed by atoms with Crippen molar-refractivity contribution in [2.45, 2.75) is 6.92 Å². The van der Waals surface area contributed by atoms with E-state index in [0.29, 0.717) is 11.4 Å². The summed E-state index contributed by atoms with van der Waals surface area (Å²) in [4.78, 5) is 34.6. The topological polar surface area (TPSA) is 117 Å². The summed E-state index contributed by atoms with van der Waals surface area (Å²) in [5.41, 5.74) is 3.61. The fourth-order valence-electron chi connectivity index (χ4n) is 2.47. The van der Waals surface area contributed by atoms with Crippen LogP contribution in [0.4, 0.5) is 11.4 Å². The second kappa shape index (κ2) is 7.56. The van der Waals surface area contributed by atoms with Crippen molar-refractivity contribution in [2.75, 3.05) is 5.01 Å². The number of hydrogen-bond acceptors (Lipinski definition) is 6. The minimum atomic E-state index is -0.678. The van der Waals surface area contributed by atoms with Crippen molar-refractivity contribution >= 4 is 35.1 Å². The van der Waals surface area contributed by atoms with Crippen LogP contribution in [0.3, 0.4) is 0 Å². The normalized spacial score (nSPS) is 16.5. The molecule has 0 unspecified atom stereocenters. The average molecular weight is 365 g/mol. The number of nitrogens with one attached hydrogen (secondary N) is 1. The van der Waals surface area contributed by atoms with Crippen LogP contribution in [-0.4, -0.2) is 28.7 Å². The number of non-ortho nitro benzene ring substituents is 1. The number of carbonyl (C=O) groups excluding carboxylic acids is 2. The van der Waals surface area contributed by atoms with Gasteiger partial charge in [0.1, 0.15) is 5.92 Å². The third-order valence-corrected chi connectivity index (χ3v) is 3.91. The summed E-state index contributed by atoms with van der Waals surface area (Å²) in [6, 6.07) is 14.1. The number of hydrogen-bond donors (Lipinski definition) is 1. The highest BCUT2D eigenvalue weighted by Gasteiger charge is 2.33. The lowest BCUT2D eigenvalue weighted by atomic mass is 10.1. The Morgan fingerprint density at radius 2 is 1.89 bits per heavy atom. The van der Waals surface area contributed by atoms with Gasteiger partial charge in [0.25, 0.3) is 17.5 Å². The van der Waals surface area contributed by atoms with Gasteiger partial charge in [0, 0.05) is 23.9 Å². The molecular formula is C18H15N5O4. The van der Waals surface area contributed by atoms with E-state index in [4.69, 9.17) is 0 Å². The Balaban J connectivity index is 1.64. The Kier molecular flexibility index (Phi) is 5.02. The second-order valence-corrected chi connectivity index (χ2v) is 5.73. The Hall–Kier alpha value is -3.88. The lowest BCUT2D eigenvalue weighted by Gasteiger charge is -2.12. The molecule has 0 saturated heterocycles. The highest BCUT2D eigenvalue weighted by atomic mass is 16.6. The maximum absolute atomic E-state index is 12.5. The molecule has 1 heterocycles. The Labute approximate surface area is 154 Å². The van der Waals surface area contributed by atoms with E-state index in [1.54, 1.807) is 31.2 Å². The van der Waals surface area contributed by atoms with Gasteiger partial charge in [0.2, 0.25) is 0 Å². The smallest absolute Gasteiger partial charge is 0.271 e. The van der Waals surface area contributed by atoms with Gasteiger partial charge in [-0.05, 0) is 31.2 Å². The highest BCUT2D eigenvalue weighted by molar-refractivity contribution is 6.23. The molecule has 2 aromatic carbocycles. The molecule has 9 heteroatoms. The molecule has 1 N–H and O–H groups in total. The van der Waals surface area contributed by atoms with Gasteiger partial charge in [-0.15, -0.1) is 0 Å². The summed E-state index contributed by atoms with van der Waals surface area (Å²) >= 11 is 0. The number of hydrazone groups is 2. The molecule has 3 rings (SSSR count). The standard InChI is InChI=1S/C18H15N5O4/c1-12-16(18(25)22(21-12)14-5-3-2-4-6-14)11-19-20-17(24)13-7-9-15(10-8-13)23(26)27/h2-11,16H,1H3,(H,20,24)/b19-11-/t16-/m1/s1. The van der Waals surface area contributed by atoms with E-state index >= 15 is 0 Å².